The van der Waals surface area contributed by atoms with E-state index < -0.39 is 6.10 Å². The Morgan fingerprint density at radius 2 is 1.70 bits per heavy atom. The van der Waals surface area contributed by atoms with Gasteiger partial charge >= 0.3 is 0 Å². The monoisotopic (exact) mass is 577 g/mol. The van der Waals surface area contributed by atoms with Crippen LogP contribution in [0.25, 0.3) is 23.4 Å². The number of benzene rings is 3. The summed E-state index contributed by atoms with van der Waals surface area (Å²) in [6.07, 6.45) is 9.97. The second kappa shape index (κ2) is 14.1. The maximum atomic E-state index is 11.0. The van der Waals surface area contributed by atoms with Crippen molar-refractivity contribution in [1.82, 2.24) is 10.1 Å². The van der Waals surface area contributed by atoms with Crippen LogP contribution in [0, 0.1) is 0 Å². The van der Waals surface area contributed by atoms with E-state index in [9.17, 15) is 5.11 Å². The van der Waals surface area contributed by atoms with Crippen molar-refractivity contribution in [2.45, 2.75) is 57.1 Å². The minimum absolute atomic E-state index is 0.239. The molecule has 1 N–H and O–H groups in total. The molecule has 2 atom stereocenters. The van der Waals surface area contributed by atoms with Gasteiger partial charge < -0.3 is 19.3 Å². The molecule has 0 radical (unpaired) electrons. The first-order valence-corrected chi connectivity index (χ1v) is 15.8. The predicted molar refractivity (Wildman–Crippen MR) is 174 cm³/mol. The summed E-state index contributed by atoms with van der Waals surface area (Å²) in [6, 6.07) is 29.2. The molecule has 6 heteroatoms. The van der Waals surface area contributed by atoms with E-state index in [0.717, 1.165) is 42.2 Å². The Labute approximate surface area is 255 Å². The molecule has 2 heterocycles. The molecule has 2 fully saturated rings. The summed E-state index contributed by atoms with van der Waals surface area (Å²) >= 11 is 0. The van der Waals surface area contributed by atoms with Crippen LogP contribution in [0.3, 0.4) is 0 Å². The number of rotatable bonds is 10. The van der Waals surface area contributed by atoms with E-state index in [1.807, 2.05) is 72.8 Å². The summed E-state index contributed by atoms with van der Waals surface area (Å²) in [5.41, 5.74) is 5.69. The Hall–Kier alpha value is -3.87. The predicted octanol–water partition coefficient (Wildman–Crippen LogP) is 7.51. The maximum absolute atomic E-state index is 11.0. The number of aliphatic hydroxyl groups excluding tert-OH is 1. The normalized spacial score (nSPS) is 19.1. The number of para-hydroxylation sites is 2. The van der Waals surface area contributed by atoms with Crippen molar-refractivity contribution in [3.8, 4) is 17.0 Å². The molecule has 1 aliphatic heterocycles. The van der Waals surface area contributed by atoms with Gasteiger partial charge in [0.05, 0.1) is 0 Å². The molecule has 1 saturated carbocycles. The molecule has 1 saturated heterocycles. The fourth-order valence-electron chi connectivity index (χ4n) is 6.56. The van der Waals surface area contributed by atoms with Crippen LogP contribution in [-0.2, 0) is 0 Å². The second-order valence-electron chi connectivity index (χ2n) is 12.0. The first kappa shape index (κ1) is 29.2. The topological polar surface area (TPSA) is 62.0 Å². The van der Waals surface area contributed by atoms with E-state index in [1.54, 1.807) is 0 Å². The molecular weight excluding hydrogens is 534 g/mol. The van der Waals surface area contributed by atoms with Gasteiger partial charge in [-0.2, -0.15) is 0 Å². The Morgan fingerprint density at radius 3 is 2.53 bits per heavy atom. The number of nitrogens with zero attached hydrogens (tertiary/aromatic N) is 3. The molecular formula is C37H43N3O3. The molecule has 43 heavy (non-hydrogen) atoms. The van der Waals surface area contributed by atoms with Crippen molar-refractivity contribution in [2.75, 3.05) is 37.7 Å². The number of aromatic nitrogens is 1. The van der Waals surface area contributed by atoms with Gasteiger partial charge in [-0.15, -0.1) is 0 Å². The average molecular weight is 578 g/mol. The zero-order chi connectivity index (χ0) is 29.4. The Balaban J connectivity index is 1.02. The molecule has 0 bridgehead atoms. The van der Waals surface area contributed by atoms with Crippen molar-refractivity contribution >= 4 is 17.8 Å². The number of ether oxygens (including phenoxy) is 1. The van der Waals surface area contributed by atoms with Crippen LogP contribution < -0.4 is 9.64 Å². The highest BCUT2D eigenvalue weighted by Gasteiger charge is 2.28. The highest BCUT2D eigenvalue weighted by Crippen LogP contribution is 2.38. The third-order valence-corrected chi connectivity index (χ3v) is 8.91. The number of aliphatic hydroxyl groups is 1. The standard InChI is InChI=1S/C37H43N3O3/c1-28-25-40(36-18-10-9-17-34(36)29-12-4-2-5-13-29)23-22-39(28)26-32(41)27-42-37-19-11-8-16-31(37)20-21-33-24-35(38-43-33)30-14-6-3-7-15-30/h3,6-11,14-21,24,28-29,32,41H,2,4-5,12-13,22-23,25-27H2,1H3/b21-20+. The zero-order valence-electron chi connectivity index (χ0n) is 25.1. The molecule has 1 aliphatic carbocycles. The van der Waals surface area contributed by atoms with Crippen molar-refractivity contribution in [1.29, 1.82) is 0 Å². The van der Waals surface area contributed by atoms with E-state index in [0.29, 0.717) is 24.3 Å². The highest BCUT2D eigenvalue weighted by molar-refractivity contribution is 5.72. The Kier molecular flexibility index (Phi) is 9.56. The third kappa shape index (κ3) is 7.38. The third-order valence-electron chi connectivity index (χ3n) is 8.91. The molecule has 0 spiro atoms. The second-order valence-corrected chi connectivity index (χ2v) is 12.0. The highest BCUT2D eigenvalue weighted by atomic mass is 16.5. The number of β-amino-alcohol motifs (C(OH)–C–C–N with tert-alkyl or cyclic N) is 1. The summed E-state index contributed by atoms with van der Waals surface area (Å²) in [7, 11) is 0. The van der Waals surface area contributed by atoms with Crippen LogP contribution in [0.15, 0.2) is 89.5 Å². The van der Waals surface area contributed by atoms with Crippen LogP contribution >= 0.6 is 0 Å². The molecule has 2 aliphatic rings. The van der Waals surface area contributed by atoms with Gasteiger partial charge in [-0.25, -0.2) is 0 Å². The number of piperazine rings is 1. The van der Waals surface area contributed by atoms with Gasteiger partial charge in [0.25, 0.3) is 0 Å². The fraction of sp³-hybridized carbons (Fsp3) is 0.378. The Bertz CT molecular complexity index is 1480. The van der Waals surface area contributed by atoms with E-state index in [-0.39, 0.29) is 6.61 Å². The van der Waals surface area contributed by atoms with Crippen LogP contribution in [0.5, 0.6) is 5.75 Å². The van der Waals surface area contributed by atoms with Crippen molar-refractivity contribution in [3.05, 3.63) is 102 Å². The molecule has 2 unspecified atom stereocenters. The zero-order valence-corrected chi connectivity index (χ0v) is 25.1. The fourth-order valence-corrected chi connectivity index (χ4v) is 6.56. The summed E-state index contributed by atoms with van der Waals surface area (Å²) in [5.74, 6) is 2.10. The van der Waals surface area contributed by atoms with Gasteiger partial charge in [0.15, 0.2) is 5.76 Å². The SMILES string of the molecule is CC1CN(c2ccccc2C2CCCCC2)CCN1CC(O)COc1ccccc1/C=C/c1cc(-c2ccccc2)no1. The van der Waals surface area contributed by atoms with Crippen LogP contribution in [-0.4, -0.2) is 60.1 Å². The molecule has 0 amide bonds. The minimum Gasteiger partial charge on any atom is -0.490 e. The minimum atomic E-state index is -0.580. The van der Waals surface area contributed by atoms with E-state index in [4.69, 9.17) is 9.26 Å². The number of hydrogen-bond donors (Lipinski definition) is 1. The molecule has 3 aromatic carbocycles. The molecule has 1 aromatic heterocycles. The Morgan fingerprint density at radius 1 is 0.930 bits per heavy atom. The summed E-state index contributed by atoms with van der Waals surface area (Å²) in [6.45, 7) is 5.98. The van der Waals surface area contributed by atoms with Crippen molar-refractivity contribution in [2.24, 2.45) is 0 Å². The number of hydrogen-bond acceptors (Lipinski definition) is 6. The van der Waals surface area contributed by atoms with Gasteiger partial charge in [-0.1, -0.05) is 91.1 Å². The van der Waals surface area contributed by atoms with E-state index >= 15 is 0 Å². The molecule has 4 aromatic rings. The van der Waals surface area contributed by atoms with Gasteiger partial charge in [-0.05, 0) is 55.5 Å². The number of anilines is 1. The van der Waals surface area contributed by atoms with Gasteiger partial charge in [0.2, 0.25) is 0 Å². The maximum Gasteiger partial charge on any atom is 0.160 e. The lowest BCUT2D eigenvalue weighted by Gasteiger charge is -2.43. The van der Waals surface area contributed by atoms with E-state index in [2.05, 4.69) is 46.1 Å². The van der Waals surface area contributed by atoms with Crippen molar-refractivity contribution in [3.63, 3.8) is 0 Å². The summed E-state index contributed by atoms with van der Waals surface area (Å²) in [5, 5.41) is 15.2. The van der Waals surface area contributed by atoms with Crippen molar-refractivity contribution < 1.29 is 14.4 Å². The molecule has 224 valence electrons. The first-order chi connectivity index (χ1) is 21.1. The first-order valence-electron chi connectivity index (χ1n) is 15.8. The lowest BCUT2D eigenvalue weighted by atomic mass is 9.83. The lowest BCUT2D eigenvalue weighted by Crippen LogP contribution is -2.54. The van der Waals surface area contributed by atoms with Crippen LogP contribution in [0.1, 0.15) is 61.8 Å². The lowest BCUT2D eigenvalue weighted by molar-refractivity contribution is 0.0511. The largest absolute Gasteiger partial charge is 0.490 e. The van der Waals surface area contributed by atoms with Crippen LogP contribution in [0.4, 0.5) is 5.69 Å². The average Bonchev–Trinajstić information content (AvgIpc) is 3.54. The quantitative estimate of drug-likeness (QED) is 0.210. The molecule has 6 nitrogen and oxygen atoms in total. The smallest absolute Gasteiger partial charge is 0.160 e. The van der Waals surface area contributed by atoms with Crippen LogP contribution in [0.2, 0.25) is 0 Å². The van der Waals surface area contributed by atoms with Gasteiger partial charge in [-0.3, -0.25) is 4.90 Å². The van der Waals surface area contributed by atoms with Gasteiger partial charge in [0, 0.05) is 55.1 Å². The summed E-state index contributed by atoms with van der Waals surface area (Å²) < 4.78 is 11.6. The molecule has 6 rings (SSSR count). The summed E-state index contributed by atoms with van der Waals surface area (Å²) in [4.78, 5) is 4.96. The van der Waals surface area contributed by atoms with Gasteiger partial charge in [0.1, 0.15) is 24.2 Å². The van der Waals surface area contributed by atoms with E-state index in [1.165, 1.54) is 43.4 Å².